The fraction of sp³-hybridized carbons (Fsp3) is 0.333. The molecule has 3 N–H and O–H groups in total. The van der Waals surface area contributed by atoms with Crippen LogP contribution >= 0.6 is 36.2 Å². The number of carbonyl (C=O) groups excluding carboxylic acids is 1. The molecule has 0 radical (unpaired) electrons. The summed E-state index contributed by atoms with van der Waals surface area (Å²) in [6.07, 6.45) is 1.17. The molecular formula is C15H21Cl2N3OS. The number of benzene rings is 1. The summed E-state index contributed by atoms with van der Waals surface area (Å²) >= 11 is 1.70. The van der Waals surface area contributed by atoms with Crippen molar-refractivity contribution >= 4 is 47.7 Å². The first-order chi connectivity index (χ1) is 9.54. The summed E-state index contributed by atoms with van der Waals surface area (Å²) in [6.45, 7) is 4.70. The third kappa shape index (κ3) is 6.22. The van der Waals surface area contributed by atoms with Crippen molar-refractivity contribution in [3.05, 3.63) is 45.4 Å². The number of rotatable bonds is 5. The minimum absolute atomic E-state index is 0. The third-order valence-electron chi connectivity index (χ3n) is 3.08. The number of nitrogens with one attached hydrogen (secondary N) is 1. The molecule has 2 rings (SSSR count). The molecule has 22 heavy (non-hydrogen) atoms. The van der Waals surface area contributed by atoms with Crippen LogP contribution in [0.4, 0.5) is 5.69 Å². The van der Waals surface area contributed by atoms with Crippen LogP contribution in [-0.4, -0.2) is 17.4 Å². The van der Waals surface area contributed by atoms with E-state index in [2.05, 4.69) is 17.2 Å². The molecule has 0 atom stereocenters. The molecule has 1 heterocycles. The van der Waals surface area contributed by atoms with E-state index >= 15 is 0 Å². The topological polar surface area (TPSA) is 68.0 Å². The number of amides is 1. The highest BCUT2D eigenvalue weighted by Crippen LogP contribution is 2.16. The molecule has 0 aliphatic heterocycles. The highest BCUT2D eigenvalue weighted by atomic mass is 35.5. The molecule has 0 bridgehead atoms. The number of anilines is 1. The predicted octanol–water partition coefficient (Wildman–Crippen LogP) is 3.09. The standard InChI is InChI=1S/C15H19N3OS.2ClH/c1-10-11(2)20-15(18-10)7-8-17-14(19)9-12-3-5-13(16)6-4-12;;/h3-6H,7-9,16H2,1-2H3,(H,17,19);2*1H. The Balaban J connectivity index is 0.00000220. The molecule has 0 aliphatic carbocycles. The van der Waals surface area contributed by atoms with E-state index in [0.717, 1.165) is 22.7 Å². The van der Waals surface area contributed by atoms with E-state index in [9.17, 15) is 4.79 Å². The summed E-state index contributed by atoms with van der Waals surface area (Å²) in [6, 6.07) is 7.37. The zero-order chi connectivity index (χ0) is 14.5. The Morgan fingerprint density at radius 1 is 1.23 bits per heavy atom. The van der Waals surface area contributed by atoms with Gasteiger partial charge in [0, 0.05) is 23.5 Å². The lowest BCUT2D eigenvalue weighted by Crippen LogP contribution is -2.27. The fourth-order valence-electron chi connectivity index (χ4n) is 1.84. The van der Waals surface area contributed by atoms with Crippen molar-refractivity contribution in [1.29, 1.82) is 0 Å². The summed E-state index contributed by atoms with van der Waals surface area (Å²) in [4.78, 5) is 17.5. The molecule has 1 amide bonds. The number of hydrogen-bond donors (Lipinski definition) is 2. The van der Waals surface area contributed by atoms with Gasteiger partial charge in [-0.1, -0.05) is 12.1 Å². The highest BCUT2D eigenvalue weighted by Gasteiger charge is 2.06. The summed E-state index contributed by atoms with van der Waals surface area (Å²) in [5.41, 5.74) is 8.37. The number of carbonyl (C=O) groups is 1. The predicted molar refractivity (Wildman–Crippen MR) is 97.4 cm³/mol. The average Bonchev–Trinajstić information content (AvgIpc) is 2.71. The first-order valence-corrected chi connectivity index (χ1v) is 7.40. The van der Waals surface area contributed by atoms with Crippen molar-refractivity contribution < 1.29 is 4.79 Å². The van der Waals surface area contributed by atoms with Gasteiger partial charge in [-0.3, -0.25) is 4.79 Å². The molecule has 2 aromatic rings. The van der Waals surface area contributed by atoms with Crippen LogP contribution in [0.3, 0.4) is 0 Å². The molecule has 0 saturated heterocycles. The van der Waals surface area contributed by atoms with Crippen molar-refractivity contribution in [2.24, 2.45) is 0 Å². The van der Waals surface area contributed by atoms with Crippen LogP contribution in [0, 0.1) is 13.8 Å². The number of hydrogen-bond acceptors (Lipinski definition) is 4. The Labute approximate surface area is 147 Å². The molecule has 4 nitrogen and oxygen atoms in total. The Hall–Kier alpha value is -1.30. The summed E-state index contributed by atoms with van der Waals surface area (Å²) in [5, 5.41) is 4.00. The zero-order valence-corrected chi connectivity index (χ0v) is 15.0. The maximum Gasteiger partial charge on any atom is 0.224 e. The third-order valence-corrected chi connectivity index (χ3v) is 4.21. The molecule has 0 saturated carbocycles. The molecule has 0 aliphatic rings. The van der Waals surface area contributed by atoms with Crippen molar-refractivity contribution in [3.63, 3.8) is 0 Å². The summed E-state index contributed by atoms with van der Waals surface area (Å²) < 4.78 is 0. The lowest BCUT2D eigenvalue weighted by atomic mass is 10.1. The molecule has 7 heteroatoms. The number of thiazole rings is 1. The first kappa shape index (κ1) is 20.7. The summed E-state index contributed by atoms with van der Waals surface area (Å²) in [5.74, 6) is 0.0276. The fourth-order valence-corrected chi connectivity index (χ4v) is 2.77. The lowest BCUT2D eigenvalue weighted by molar-refractivity contribution is -0.120. The minimum atomic E-state index is 0. The monoisotopic (exact) mass is 361 g/mol. The van der Waals surface area contributed by atoms with E-state index < -0.39 is 0 Å². The van der Waals surface area contributed by atoms with Crippen LogP contribution in [0.2, 0.25) is 0 Å². The second kappa shape index (κ2) is 9.66. The molecular weight excluding hydrogens is 341 g/mol. The van der Waals surface area contributed by atoms with Gasteiger partial charge in [-0.05, 0) is 31.5 Å². The number of nitrogens with zero attached hydrogens (tertiary/aromatic N) is 1. The quantitative estimate of drug-likeness (QED) is 0.804. The number of nitrogens with two attached hydrogens (primary N) is 1. The van der Waals surface area contributed by atoms with Crippen LogP contribution in [0.15, 0.2) is 24.3 Å². The Bertz CT molecular complexity index is 580. The van der Waals surface area contributed by atoms with Gasteiger partial charge in [0.2, 0.25) is 5.91 Å². The van der Waals surface area contributed by atoms with E-state index in [4.69, 9.17) is 5.73 Å². The lowest BCUT2D eigenvalue weighted by Gasteiger charge is -2.04. The van der Waals surface area contributed by atoms with Crippen molar-refractivity contribution in [3.8, 4) is 0 Å². The average molecular weight is 362 g/mol. The van der Waals surface area contributed by atoms with E-state index in [1.807, 2.05) is 31.2 Å². The number of aromatic nitrogens is 1. The summed E-state index contributed by atoms with van der Waals surface area (Å²) in [7, 11) is 0. The molecule has 1 aromatic heterocycles. The molecule has 0 spiro atoms. The normalized spacial score (nSPS) is 9.55. The molecule has 0 unspecified atom stereocenters. The van der Waals surface area contributed by atoms with Gasteiger partial charge in [0.15, 0.2) is 0 Å². The second-order valence-electron chi connectivity index (χ2n) is 4.77. The first-order valence-electron chi connectivity index (χ1n) is 6.58. The van der Waals surface area contributed by atoms with E-state index in [1.165, 1.54) is 4.88 Å². The second-order valence-corrected chi connectivity index (χ2v) is 6.06. The van der Waals surface area contributed by atoms with Crippen molar-refractivity contribution in [1.82, 2.24) is 10.3 Å². The van der Waals surface area contributed by atoms with E-state index in [0.29, 0.717) is 18.7 Å². The van der Waals surface area contributed by atoms with Gasteiger partial charge < -0.3 is 11.1 Å². The van der Waals surface area contributed by atoms with Gasteiger partial charge in [0.25, 0.3) is 0 Å². The maximum atomic E-state index is 11.8. The number of aryl methyl sites for hydroxylation is 2. The van der Waals surface area contributed by atoms with E-state index in [-0.39, 0.29) is 30.7 Å². The SMILES string of the molecule is Cc1nc(CCNC(=O)Cc2ccc(N)cc2)sc1C.Cl.Cl. The number of halogens is 2. The van der Waals surface area contributed by atoms with Gasteiger partial charge in [0.1, 0.15) is 0 Å². The molecule has 1 aromatic carbocycles. The van der Waals surface area contributed by atoms with Gasteiger partial charge in [-0.2, -0.15) is 0 Å². The van der Waals surface area contributed by atoms with Gasteiger partial charge in [-0.25, -0.2) is 4.98 Å². The van der Waals surface area contributed by atoms with Crippen LogP contribution in [-0.2, 0) is 17.6 Å². The van der Waals surface area contributed by atoms with Gasteiger partial charge in [0.05, 0.1) is 17.1 Å². The molecule has 0 fully saturated rings. The van der Waals surface area contributed by atoms with Crippen LogP contribution < -0.4 is 11.1 Å². The largest absolute Gasteiger partial charge is 0.399 e. The van der Waals surface area contributed by atoms with Crippen LogP contribution in [0.1, 0.15) is 21.1 Å². The van der Waals surface area contributed by atoms with Crippen LogP contribution in [0.5, 0.6) is 0 Å². The van der Waals surface area contributed by atoms with Gasteiger partial charge >= 0.3 is 0 Å². The van der Waals surface area contributed by atoms with E-state index in [1.54, 1.807) is 11.3 Å². The highest BCUT2D eigenvalue weighted by molar-refractivity contribution is 7.11. The Kier molecular flexibility index (Phi) is 9.09. The number of nitrogen functional groups attached to an aromatic ring is 1. The van der Waals surface area contributed by atoms with Crippen LogP contribution in [0.25, 0.3) is 0 Å². The van der Waals surface area contributed by atoms with Crippen molar-refractivity contribution in [2.45, 2.75) is 26.7 Å². The Morgan fingerprint density at radius 2 is 1.86 bits per heavy atom. The zero-order valence-electron chi connectivity index (χ0n) is 12.6. The molecule has 122 valence electrons. The minimum Gasteiger partial charge on any atom is -0.399 e. The smallest absolute Gasteiger partial charge is 0.224 e. The maximum absolute atomic E-state index is 11.8. The van der Waals surface area contributed by atoms with Crippen molar-refractivity contribution in [2.75, 3.05) is 12.3 Å². The van der Waals surface area contributed by atoms with Gasteiger partial charge in [-0.15, -0.1) is 36.2 Å². The Morgan fingerprint density at radius 3 is 2.41 bits per heavy atom.